The van der Waals surface area contributed by atoms with E-state index in [0.29, 0.717) is 24.3 Å². The van der Waals surface area contributed by atoms with Crippen molar-refractivity contribution < 1.29 is 4.79 Å². The molecule has 0 spiro atoms. The van der Waals surface area contributed by atoms with Gasteiger partial charge in [-0.2, -0.15) is 4.52 Å². The molecule has 7 heteroatoms. The minimum absolute atomic E-state index is 0.0569. The number of nitrogens with one attached hydrogen (secondary N) is 1. The molecule has 3 heterocycles. The molecule has 1 N–H and O–H groups in total. The molecule has 0 aliphatic heterocycles. The van der Waals surface area contributed by atoms with Gasteiger partial charge in [-0.1, -0.05) is 0 Å². The third kappa shape index (κ3) is 2.62. The van der Waals surface area contributed by atoms with Gasteiger partial charge in [0.25, 0.3) is 0 Å². The van der Waals surface area contributed by atoms with E-state index < -0.39 is 0 Å². The lowest BCUT2D eigenvalue weighted by molar-refractivity contribution is -0.116. The third-order valence-corrected chi connectivity index (χ3v) is 3.48. The number of carbonyl (C=O) groups is 1. The Morgan fingerprint density at radius 1 is 1.24 bits per heavy atom. The number of tetrazole rings is 1. The fourth-order valence-electron chi connectivity index (χ4n) is 2.34. The summed E-state index contributed by atoms with van der Waals surface area (Å²) in [5, 5.41) is 14.1. The van der Waals surface area contributed by atoms with Crippen LogP contribution >= 0.6 is 0 Å². The van der Waals surface area contributed by atoms with Crippen LogP contribution < -0.4 is 5.32 Å². The summed E-state index contributed by atoms with van der Waals surface area (Å²) >= 11 is 0. The van der Waals surface area contributed by atoms with Gasteiger partial charge in [-0.3, -0.25) is 4.79 Å². The summed E-state index contributed by atoms with van der Waals surface area (Å²) in [5.41, 5.74) is 3.47. The van der Waals surface area contributed by atoms with Crippen LogP contribution in [0.25, 0.3) is 5.65 Å². The van der Waals surface area contributed by atoms with Crippen molar-refractivity contribution in [2.45, 2.75) is 26.8 Å². The van der Waals surface area contributed by atoms with Gasteiger partial charge in [0.15, 0.2) is 0 Å². The highest BCUT2D eigenvalue weighted by atomic mass is 16.1. The van der Waals surface area contributed by atoms with E-state index in [-0.39, 0.29) is 5.91 Å². The second-order valence-electron chi connectivity index (χ2n) is 4.93. The average Bonchev–Trinajstić information content (AvgIpc) is 3.05. The topological polar surface area (TPSA) is 77.1 Å². The molecule has 0 fully saturated rings. The maximum Gasteiger partial charge on any atom is 0.226 e. The maximum atomic E-state index is 12.1. The number of nitrogens with zero attached hydrogens (tertiary/aromatic N) is 5. The Bertz CT molecular complexity index is 768. The van der Waals surface area contributed by atoms with E-state index in [2.05, 4.69) is 37.5 Å². The maximum absolute atomic E-state index is 12.1. The van der Waals surface area contributed by atoms with E-state index in [0.717, 1.165) is 11.4 Å². The molecule has 0 saturated carbocycles. The van der Waals surface area contributed by atoms with Crippen LogP contribution in [-0.2, 0) is 11.3 Å². The normalized spacial score (nSPS) is 11.0. The number of fused-ring (bicyclic) bond motifs is 1. The molecule has 0 aliphatic carbocycles. The van der Waals surface area contributed by atoms with E-state index in [1.165, 1.54) is 4.52 Å². The highest BCUT2D eigenvalue weighted by molar-refractivity contribution is 5.94. The van der Waals surface area contributed by atoms with Crippen LogP contribution in [0.5, 0.6) is 0 Å². The summed E-state index contributed by atoms with van der Waals surface area (Å²) in [5.74, 6) is -0.0569. The Hall–Kier alpha value is -2.70. The lowest BCUT2D eigenvalue weighted by Gasteiger charge is -2.09. The van der Waals surface area contributed by atoms with Gasteiger partial charge in [0.2, 0.25) is 11.6 Å². The van der Waals surface area contributed by atoms with Crippen molar-refractivity contribution in [3.63, 3.8) is 0 Å². The van der Waals surface area contributed by atoms with Crippen molar-refractivity contribution in [3.8, 4) is 0 Å². The quantitative estimate of drug-likeness (QED) is 0.789. The first-order valence-corrected chi connectivity index (χ1v) is 6.74. The average molecular weight is 284 g/mol. The second-order valence-corrected chi connectivity index (χ2v) is 4.93. The lowest BCUT2D eigenvalue weighted by Crippen LogP contribution is -2.16. The van der Waals surface area contributed by atoms with Crippen LogP contribution in [0.4, 0.5) is 5.69 Å². The first-order valence-electron chi connectivity index (χ1n) is 6.74. The molecule has 7 nitrogen and oxygen atoms in total. The van der Waals surface area contributed by atoms with Crippen LogP contribution in [0.1, 0.15) is 17.8 Å². The van der Waals surface area contributed by atoms with Gasteiger partial charge in [0, 0.05) is 30.6 Å². The second kappa shape index (κ2) is 5.35. The minimum Gasteiger partial charge on any atom is -0.349 e. The SMILES string of the molecule is Cc1ccc(C)n1CCC(=O)Nc1cccn2nnnc12. The predicted molar refractivity (Wildman–Crippen MR) is 77.9 cm³/mol. The van der Waals surface area contributed by atoms with Crippen LogP contribution in [0, 0.1) is 13.8 Å². The molecular weight excluding hydrogens is 268 g/mol. The third-order valence-electron chi connectivity index (χ3n) is 3.48. The van der Waals surface area contributed by atoms with E-state index in [9.17, 15) is 4.79 Å². The number of aromatic nitrogens is 5. The molecule has 3 rings (SSSR count). The lowest BCUT2D eigenvalue weighted by atomic mass is 10.3. The van der Waals surface area contributed by atoms with Crippen LogP contribution in [-0.4, -0.2) is 30.5 Å². The summed E-state index contributed by atoms with van der Waals surface area (Å²) in [6, 6.07) is 7.68. The number of pyridine rings is 1. The molecule has 0 unspecified atom stereocenters. The predicted octanol–water partition coefficient (Wildman–Crippen LogP) is 1.57. The van der Waals surface area contributed by atoms with E-state index >= 15 is 0 Å². The fraction of sp³-hybridized carbons (Fsp3) is 0.286. The zero-order chi connectivity index (χ0) is 14.8. The molecule has 108 valence electrons. The number of aryl methyl sites for hydroxylation is 2. The van der Waals surface area contributed by atoms with Gasteiger partial charge in [-0.15, -0.1) is 5.10 Å². The van der Waals surface area contributed by atoms with Gasteiger partial charge in [0.1, 0.15) is 0 Å². The van der Waals surface area contributed by atoms with Gasteiger partial charge in [-0.05, 0) is 48.5 Å². The van der Waals surface area contributed by atoms with Crippen molar-refractivity contribution in [3.05, 3.63) is 41.9 Å². The van der Waals surface area contributed by atoms with Gasteiger partial charge >= 0.3 is 0 Å². The Labute approximate surface area is 121 Å². The molecule has 21 heavy (non-hydrogen) atoms. The number of carbonyl (C=O) groups excluding carboxylic acids is 1. The Kier molecular flexibility index (Phi) is 3.39. The minimum atomic E-state index is -0.0569. The molecule has 0 radical (unpaired) electrons. The van der Waals surface area contributed by atoms with E-state index in [4.69, 9.17) is 0 Å². The highest BCUT2D eigenvalue weighted by Gasteiger charge is 2.09. The molecule has 0 atom stereocenters. The Morgan fingerprint density at radius 2 is 2.00 bits per heavy atom. The number of hydrogen-bond donors (Lipinski definition) is 1. The van der Waals surface area contributed by atoms with Crippen molar-refractivity contribution in [2.24, 2.45) is 0 Å². The number of amides is 1. The van der Waals surface area contributed by atoms with Crippen LogP contribution in [0.15, 0.2) is 30.5 Å². The van der Waals surface area contributed by atoms with Crippen molar-refractivity contribution in [2.75, 3.05) is 5.32 Å². The standard InChI is InChI=1S/C14H16N6O/c1-10-5-6-11(2)19(10)9-7-13(21)15-12-4-3-8-20-14(12)16-17-18-20/h3-6,8H,7,9H2,1-2H3,(H,15,21). The van der Waals surface area contributed by atoms with Crippen molar-refractivity contribution in [1.29, 1.82) is 0 Å². The number of rotatable bonds is 4. The van der Waals surface area contributed by atoms with Crippen LogP contribution in [0.2, 0.25) is 0 Å². The zero-order valence-corrected chi connectivity index (χ0v) is 11.9. The summed E-state index contributed by atoms with van der Waals surface area (Å²) in [4.78, 5) is 12.1. The number of anilines is 1. The molecule has 0 aromatic carbocycles. The van der Waals surface area contributed by atoms with Crippen molar-refractivity contribution in [1.82, 2.24) is 24.6 Å². The monoisotopic (exact) mass is 284 g/mol. The summed E-state index contributed by atoms with van der Waals surface area (Å²) < 4.78 is 3.65. The molecule has 1 amide bonds. The Morgan fingerprint density at radius 3 is 2.76 bits per heavy atom. The van der Waals surface area contributed by atoms with E-state index in [1.54, 1.807) is 18.3 Å². The van der Waals surface area contributed by atoms with Gasteiger partial charge < -0.3 is 9.88 Å². The summed E-state index contributed by atoms with van der Waals surface area (Å²) in [6.45, 7) is 4.73. The summed E-state index contributed by atoms with van der Waals surface area (Å²) in [6.07, 6.45) is 2.14. The largest absolute Gasteiger partial charge is 0.349 e. The van der Waals surface area contributed by atoms with E-state index in [1.807, 2.05) is 13.8 Å². The fourth-order valence-corrected chi connectivity index (χ4v) is 2.34. The van der Waals surface area contributed by atoms with Crippen molar-refractivity contribution >= 4 is 17.2 Å². The molecule has 3 aromatic rings. The molecule has 0 bridgehead atoms. The summed E-state index contributed by atoms with van der Waals surface area (Å²) in [7, 11) is 0. The van der Waals surface area contributed by atoms with Gasteiger partial charge in [-0.25, -0.2) is 0 Å². The molecular formula is C14H16N6O. The van der Waals surface area contributed by atoms with Crippen LogP contribution in [0.3, 0.4) is 0 Å². The highest BCUT2D eigenvalue weighted by Crippen LogP contribution is 2.13. The first-order chi connectivity index (χ1) is 10.1. The number of hydrogen-bond acceptors (Lipinski definition) is 4. The molecule has 3 aromatic heterocycles. The first kappa shape index (κ1) is 13.3. The van der Waals surface area contributed by atoms with Gasteiger partial charge in [0.05, 0.1) is 5.69 Å². The Balaban J connectivity index is 1.68. The zero-order valence-electron chi connectivity index (χ0n) is 11.9. The smallest absolute Gasteiger partial charge is 0.226 e. The molecule has 0 aliphatic rings. The molecule has 0 saturated heterocycles.